The highest BCUT2D eigenvalue weighted by molar-refractivity contribution is 7.09. The van der Waals surface area contributed by atoms with Crippen LogP contribution in [0.15, 0.2) is 24.3 Å². The quantitative estimate of drug-likeness (QED) is 0.804. The van der Waals surface area contributed by atoms with E-state index in [0.717, 1.165) is 62.2 Å². The largest absolute Gasteiger partial charge is 0.359 e. The lowest BCUT2D eigenvalue weighted by Crippen LogP contribution is -2.45. The molecule has 7 heteroatoms. The number of aromatic nitrogens is 2. The average Bonchev–Trinajstić information content (AvgIpc) is 3.08. The number of hydrogen-bond donors (Lipinski definition) is 1. The maximum absolute atomic E-state index is 13.1. The SMILES string of the molecule is CN1CCN(CCc2nsc(NCC(C)(C)c3ccc(F)cc3)n2)CC1. The molecule has 2 heterocycles. The second-order valence-corrected chi connectivity index (χ2v) is 8.41. The van der Waals surface area contributed by atoms with Crippen LogP contribution in [0.4, 0.5) is 9.52 Å². The summed E-state index contributed by atoms with van der Waals surface area (Å²) in [5.41, 5.74) is 0.991. The van der Waals surface area contributed by atoms with Crippen LogP contribution in [-0.4, -0.2) is 65.5 Å². The molecule has 3 rings (SSSR count). The minimum absolute atomic E-state index is 0.112. The number of halogens is 1. The number of nitrogens with zero attached hydrogens (tertiary/aromatic N) is 4. The Labute approximate surface area is 159 Å². The normalized spacial score (nSPS) is 16.8. The van der Waals surface area contributed by atoms with E-state index in [2.05, 4.69) is 45.4 Å². The van der Waals surface area contributed by atoms with Crippen molar-refractivity contribution in [3.05, 3.63) is 41.5 Å². The van der Waals surface area contributed by atoms with Crippen molar-refractivity contribution >= 4 is 16.7 Å². The average molecular weight is 378 g/mol. The zero-order valence-corrected chi connectivity index (χ0v) is 16.7. The van der Waals surface area contributed by atoms with E-state index in [1.54, 1.807) is 0 Å². The second kappa shape index (κ2) is 8.41. The molecule has 0 amide bonds. The first kappa shape index (κ1) is 19.2. The minimum atomic E-state index is -0.202. The molecule has 1 saturated heterocycles. The van der Waals surface area contributed by atoms with E-state index >= 15 is 0 Å². The third kappa shape index (κ3) is 5.22. The lowest BCUT2D eigenvalue weighted by atomic mass is 9.85. The molecule has 0 atom stereocenters. The molecule has 0 bridgehead atoms. The first-order chi connectivity index (χ1) is 12.4. The van der Waals surface area contributed by atoms with Crippen LogP contribution < -0.4 is 5.32 Å². The fourth-order valence-corrected chi connectivity index (χ4v) is 3.66. The Balaban J connectivity index is 1.48. The summed E-state index contributed by atoms with van der Waals surface area (Å²) < 4.78 is 17.6. The number of benzene rings is 1. The van der Waals surface area contributed by atoms with Crippen LogP contribution in [-0.2, 0) is 11.8 Å². The smallest absolute Gasteiger partial charge is 0.202 e. The van der Waals surface area contributed by atoms with Crippen molar-refractivity contribution in [2.45, 2.75) is 25.7 Å². The van der Waals surface area contributed by atoms with Gasteiger partial charge in [-0.3, -0.25) is 0 Å². The van der Waals surface area contributed by atoms with E-state index in [1.165, 1.54) is 23.7 Å². The Hall–Kier alpha value is -1.57. The van der Waals surface area contributed by atoms with Crippen molar-refractivity contribution in [3.63, 3.8) is 0 Å². The highest BCUT2D eigenvalue weighted by Gasteiger charge is 2.21. The number of rotatable bonds is 7. The first-order valence-corrected chi connectivity index (χ1v) is 9.93. The molecular formula is C19H28FN5S. The van der Waals surface area contributed by atoms with Gasteiger partial charge in [0, 0.05) is 62.6 Å². The highest BCUT2D eigenvalue weighted by atomic mass is 32.1. The predicted octanol–water partition coefficient (Wildman–Crippen LogP) is 2.86. The number of piperazine rings is 1. The maximum atomic E-state index is 13.1. The zero-order valence-electron chi connectivity index (χ0n) is 15.8. The molecule has 1 aliphatic heterocycles. The monoisotopic (exact) mass is 377 g/mol. The van der Waals surface area contributed by atoms with Crippen LogP contribution in [0.3, 0.4) is 0 Å². The van der Waals surface area contributed by atoms with Gasteiger partial charge in [-0.15, -0.1) is 0 Å². The van der Waals surface area contributed by atoms with Crippen molar-refractivity contribution in [1.82, 2.24) is 19.2 Å². The summed E-state index contributed by atoms with van der Waals surface area (Å²) in [5, 5.41) is 4.25. The lowest BCUT2D eigenvalue weighted by Gasteiger charge is -2.31. The molecule has 1 fully saturated rings. The van der Waals surface area contributed by atoms with Crippen LogP contribution in [0.2, 0.25) is 0 Å². The zero-order chi connectivity index (χ0) is 18.6. The molecular weight excluding hydrogens is 349 g/mol. The topological polar surface area (TPSA) is 44.3 Å². The van der Waals surface area contributed by atoms with Gasteiger partial charge in [0.25, 0.3) is 0 Å². The lowest BCUT2D eigenvalue weighted by molar-refractivity contribution is 0.155. The Morgan fingerprint density at radius 1 is 1.15 bits per heavy atom. The van der Waals surface area contributed by atoms with Crippen molar-refractivity contribution < 1.29 is 4.39 Å². The standard InChI is InChI=1S/C19H28FN5S/c1-19(2,15-4-6-16(20)7-5-15)14-21-18-22-17(23-26-18)8-9-25-12-10-24(3)11-13-25/h4-7H,8-14H2,1-3H3,(H,21,22,23). The third-order valence-corrected chi connectivity index (χ3v) is 5.73. The van der Waals surface area contributed by atoms with Crippen LogP contribution >= 0.6 is 11.5 Å². The van der Waals surface area contributed by atoms with Crippen molar-refractivity contribution in [2.75, 3.05) is 51.6 Å². The van der Waals surface area contributed by atoms with Crippen LogP contribution in [0, 0.1) is 5.82 Å². The molecule has 0 spiro atoms. The molecule has 1 aromatic carbocycles. The number of anilines is 1. The summed E-state index contributed by atoms with van der Waals surface area (Å²) >= 11 is 1.42. The predicted molar refractivity (Wildman–Crippen MR) is 105 cm³/mol. The number of hydrogen-bond acceptors (Lipinski definition) is 6. The summed E-state index contributed by atoms with van der Waals surface area (Å²) in [5.74, 6) is 0.711. The molecule has 26 heavy (non-hydrogen) atoms. The second-order valence-electron chi connectivity index (χ2n) is 7.66. The number of nitrogens with one attached hydrogen (secondary N) is 1. The van der Waals surface area contributed by atoms with E-state index in [9.17, 15) is 4.39 Å². The highest BCUT2D eigenvalue weighted by Crippen LogP contribution is 2.24. The molecule has 1 aliphatic rings. The van der Waals surface area contributed by atoms with Gasteiger partial charge < -0.3 is 15.1 Å². The molecule has 2 aromatic rings. The van der Waals surface area contributed by atoms with Crippen molar-refractivity contribution in [3.8, 4) is 0 Å². The molecule has 5 nitrogen and oxygen atoms in total. The summed E-state index contributed by atoms with van der Waals surface area (Å²) in [6.45, 7) is 10.5. The van der Waals surface area contributed by atoms with Gasteiger partial charge in [-0.2, -0.15) is 4.37 Å². The van der Waals surface area contributed by atoms with Gasteiger partial charge in [0.1, 0.15) is 11.6 Å². The van der Waals surface area contributed by atoms with E-state index in [-0.39, 0.29) is 11.2 Å². The Kier molecular flexibility index (Phi) is 6.21. The Morgan fingerprint density at radius 2 is 1.85 bits per heavy atom. The molecule has 0 radical (unpaired) electrons. The van der Waals surface area contributed by atoms with Gasteiger partial charge in [0.05, 0.1) is 0 Å². The van der Waals surface area contributed by atoms with E-state index in [0.29, 0.717) is 0 Å². The van der Waals surface area contributed by atoms with Crippen LogP contribution in [0.5, 0.6) is 0 Å². The molecule has 142 valence electrons. The minimum Gasteiger partial charge on any atom is -0.359 e. The van der Waals surface area contributed by atoms with Gasteiger partial charge in [0.15, 0.2) is 0 Å². The Bertz CT molecular complexity index is 692. The van der Waals surface area contributed by atoms with Gasteiger partial charge in [-0.1, -0.05) is 26.0 Å². The third-order valence-electron chi connectivity index (χ3n) is 5.02. The molecule has 0 saturated carbocycles. The fourth-order valence-electron chi connectivity index (χ4n) is 3.06. The molecule has 0 unspecified atom stereocenters. The summed E-state index contributed by atoms with van der Waals surface area (Å²) in [4.78, 5) is 9.46. The van der Waals surface area contributed by atoms with E-state index < -0.39 is 0 Å². The van der Waals surface area contributed by atoms with Crippen LogP contribution in [0.25, 0.3) is 0 Å². The Morgan fingerprint density at radius 3 is 2.54 bits per heavy atom. The number of likely N-dealkylation sites (N-methyl/N-ethyl adjacent to an activating group) is 1. The fraction of sp³-hybridized carbons (Fsp3) is 0.579. The van der Waals surface area contributed by atoms with Gasteiger partial charge in [-0.05, 0) is 24.7 Å². The summed E-state index contributed by atoms with van der Waals surface area (Å²) in [6.07, 6.45) is 0.892. The van der Waals surface area contributed by atoms with Gasteiger partial charge in [0.2, 0.25) is 5.13 Å². The van der Waals surface area contributed by atoms with Crippen molar-refractivity contribution in [2.24, 2.45) is 0 Å². The van der Waals surface area contributed by atoms with E-state index in [1.807, 2.05) is 12.1 Å². The van der Waals surface area contributed by atoms with Crippen molar-refractivity contribution in [1.29, 1.82) is 0 Å². The molecule has 0 aliphatic carbocycles. The maximum Gasteiger partial charge on any atom is 0.202 e. The van der Waals surface area contributed by atoms with Gasteiger partial charge >= 0.3 is 0 Å². The molecule has 1 N–H and O–H groups in total. The first-order valence-electron chi connectivity index (χ1n) is 9.16. The van der Waals surface area contributed by atoms with Crippen LogP contribution in [0.1, 0.15) is 25.2 Å². The summed E-state index contributed by atoms with van der Waals surface area (Å²) in [6, 6.07) is 6.72. The summed E-state index contributed by atoms with van der Waals surface area (Å²) in [7, 11) is 2.17. The van der Waals surface area contributed by atoms with Gasteiger partial charge in [-0.25, -0.2) is 9.37 Å². The van der Waals surface area contributed by atoms with E-state index in [4.69, 9.17) is 0 Å². The molecule has 1 aromatic heterocycles.